The van der Waals surface area contributed by atoms with Crippen LogP contribution in [0.1, 0.15) is 40.0 Å². The first-order valence-corrected chi connectivity index (χ1v) is 5.58. The molecule has 0 aromatic heterocycles. The van der Waals surface area contributed by atoms with E-state index in [1.165, 1.54) is 0 Å². The Balaban J connectivity index is 2.91. The van der Waals surface area contributed by atoms with E-state index in [0.717, 1.165) is 18.4 Å². The van der Waals surface area contributed by atoms with Gasteiger partial charge in [0.1, 0.15) is 0 Å². The van der Waals surface area contributed by atoms with Crippen molar-refractivity contribution in [2.24, 2.45) is 11.8 Å². The Morgan fingerprint density at radius 2 is 2.07 bits per heavy atom. The normalized spacial score (nSPS) is 32.1. The van der Waals surface area contributed by atoms with E-state index in [4.69, 9.17) is 0 Å². The van der Waals surface area contributed by atoms with Gasteiger partial charge in [-0.25, -0.2) is 0 Å². The van der Waals surface area contributed by atoms with Crippen molar-refractivity contribution in [3.63, 3.8) is 0 Å². The fraction of sp³-hybridized carbons (Fsp3) is 0.667. The molecule has 3 heteroatoms. The van der Waals surface area contributed by atoms with Crippen LogP contribution in [-0.4, -0.2) is 11.8 Å². The van der Waals surface area contributed by atoms with E-state index in [-0.39, 0.29) is 11.8 Å². The molecule has 3 nitrogen and oxygen atoms in total. The zero-order valence-electron chi connectivity index (χ0n) is 9.67. The monoisotopic (exact) mass is 209 g/mol. The van der Waals surface area contributed by atoms with E-state index in [2.05, 4.69) is 19.2 Å². The van der Waals surface area contributed by atoms with Gasteiger partial charge in [-0.2, -0.15) is 0 Å². The quantitative estimate of drug-likeness (QED) is 0.672. The van der Waals surface area contributed by atoms with Crippen molar-refractivity contribution in [3.8, 4) is 0 Å². The van der Waals surface area contributed by atoms with Gasteiger partial charge in [-0.05, 0) is 24.7 Å². The third-order valence-corrected chi connectivity index (χ3v) is 3.25. The average molecular weight is 209 g/mol. The predicted molar refractivity (Wildman–Crippen MR) is 59.1 cm³/mol. The molecule has 0 spiro atoms. The molecule has 1 aliphatic heterocycles. The van der Waals surface area contributed by atoms with Crippen LogP contribution in [0.3, 0.4) is 0 Å². The Labute approximate surface area is 90.9 Å². The minimum Gasteiger partial charge on any atom is -0.293 e. The summed E-state index contributed by atoms with van der Waals surface area (Å²) in [4.78, 5) is 22.7. The summed E-state index contributed by atoms with van der Waals surface area (Å²) in [5, 5.41) is 2.37. The van der Waals surface area contributed by atoms with Gasteiger partial charge in [0.05, 0.1) is 0 Å². The van der Waals surface area contributed by atoms with E-state index in [0.29, 0.717) is 18.3 Å². The zero-order chi connectivity index (χ0) is 11.4. The van der Waals surface area contributed by atoms with Crippen molar-refractivity contribution in [1.29, 1.82) is 0 Å². The summed E-state index contributed by atoms with van der Waals surface area (Å²) in [6.07, 6.45) is 3.75. The minimum absolute atomic E-state index is 0.160. The molecule has 2 atom stereocenters. The maximum Gasteiger partial charge on any atom is 0.250 e. The lowest BCUT2D eigenvalue weighted by molar-refractivity contribution is -0.128. The summed E-state index contributed by atoms with van der Waals surface area (Å²) in [6, 6.07) is 0. The number of amides is 2. The second-order valence-electron chi connectivity index (χ2n) is 4.29. The standard InChI is InChI=1S/C12H19NO2/c1-4-10-7-12(15)13-11(14)6-5-8(2)9(10)3/h7-9H,4-6H2,1-3H3,(H,13,14,15)/b10-7-. The van der Waals surface area contributed by atoms with Crippen LogP contribution in [0, 0.1) is 11.8 Å². The molecule has 0 radical (unpaired) electrons. The summed E-state index contributed by atoms with van der Waals surface area (Å²) < 4.78 is 0. The number of hydrogen-bond acceptors (Lipinski definition) is 2. The number of nitrogens with one attached hydrogen (secondary N) is 1. The third-order valence-electron chi connectivity index (χ3n) is 3.25. The molecule has 0 aromatic rings. The van der Waals surface area contributed by atoms with Crippen LogP contribution < -0.4 is 5.32 Å². The second kappa shape index (κ2) is 5.10. The van der Waals surface area contributed by atoms with Crippen LogP contribution >= 0.6 is 0 Å². The first-order chi connectivity index (χ1) is 7.04. The number of rotatable bonds is 1. The molecule has 0 saturated heterocycles. The minimum atomic E-state index is -0.266. The Morgan fingerprint density at radius 3 is 2.67 bits per heavy atom. The molecule has 1 N–H and O–H groups in total. The van der Waals surface area contributed by atoms with Crippen molar-refractivity contribution in [1.82, 2.24) is 5.32 Å². The Bertz CT molecular complexity index is 294. The highest BCUT2D eigenvalue weighted by molar-refractivity contribution is 6.01. The van der Waals surface area contributed by atoms with Gasteiger partial charge in [0.2, 0.25) is 11.8 Å². The number of hydrogen-bond donors (Lipinski definition) is 1. The van der Waals surface area contributed by atoms with Gasteiger partial charge in [0.15, 0.2) is 0 Å². The first kappa shape index (κ1) is 12.0. The lowest BCUT2D eigenvalue weighted by Gasteiger charge is -2.20. The van der Waals surface area contributed by atoms with Crippen LogP contribution in [0.5, 0.6) is 0 Å². The van der Waals surface area contributed by atoms with Crippen LogP contribution in [0.4, 0.5) is 0 Å². The largest absolute Gasteiger partial charge is 0.293 e. The maximum absolute atomic E-state index is 11.4. The highest BCUT2D eigenvalue weighted by Gasteiger charge is 2.20. The lowest BCUT2D eigenvalue weighted by Crippen LogP contribution is -2.28. The molecular formula is C12H19NO2. The molecule has 84 valence electrons. The summed E-state index contributed by atoms with van der Waals surface area (Å²) in [7, 11) is 0. The van der Waals surface area contributed by atoms with Crippen LogP contribution in [0.25, 0.3) is 0 Å². The number of carbonyl (C=O) groups is 2. The summed E-state index contributed by atoms with van der Waals surface area (Å²) in [5.74, 6) is 0.407. The Kier molecular flexibility index (Phi) is 4.06. The molecular weight excluding hydrogens is 190 g/mol. The van der Waals surface area contributed by atoms with Crippen LogP contribution in [0.15, 0.2) is 11.6 Å². The molecule has 0 fully saturated rings. The van der Waals surface area contributed by atoms with Crippen molar-refractivity contribution >= 4 is 11.8 Å². The molecule has 15 heavy (non-hydrogen) atoms. The molecule has 2 unspecified atom stereocenters. The molecule has 1 aliphatic rings. The lowest BCUT2D eigenvalue weighted by atomic mass is 9.84. The maximum atomic E-state index is 11.4. The molecule has 0 aromatic carbocycles. The van der Waals surface area contributed by atoms with Crippen molar-refractivity contribution in [3.05, 3.63) is 11.6 Å². The van der Waals surface area contributed by atoms with E-state index in [1.54, 1.807) is 6.08 Å². The summed E-state index contributed by atoms with van der Waals surface area (Å²) in [6.45, 7) is 6.31. The highest BCUT2D eigenvalue weighted by atomic mass is 16.2. The van der Waals surface area contributed by atoms with Gasteiger partial charge in [-0.15, -0.1) is 0 Å². The van der Waals surface area contributed by atoms with Crippen LogP contribution in [0.2, 0.25) is 0 Å². The van der Waals surface area contributed by atoms with Crippen molar-refractivity contribution < 1.29 is 9.59 Å². The number of imide groups is 1. The molecule has 0 aliphatic carbocycles. The molecule has 2 amide bonds. The smallest absolute Gasteiger partial charge is 0.250 e. The highest BCUT2D eigenvalue weighted by Crippen LogP contribution is 2.26. The van der Waals surface area contributed by atoms with Gasteiger partial charge in [0.25, 0.3) is 0 Å². The molecule has 1 rings (SSSR count). The van der Waals surface area contributed by atoms with Gasteiger partial charge in [-0.3, -0.25) is 14.9 Å². The Morgan fingerprint density at radius 1 is 1.40 bits per heavy atom. The van der Waals surface area contributed by atoms with E-state index in [9.17, 15) is 9.59 Å². The van der Waals surface area contributed by atoms with E-state index >= 15 is 0 Å². The van der Waals surface area contributed by atoms with Gasteiger partial charge in [0, 0.05) is 12.5 Å². The first-order valence-electron chi connectivity index (χ1n) is 5.58. The predicted octanol–water partition coefficient (Wildman–Crippen LogP) is 2.03. The van der Waals surface area contributed by atoms with Gasteiger partial charge < -0.3 is 0 Å². The zero-order valence-corrected chi connectivity index (χ0v) is 9.67. The number of allylic oxidation sites excluding steroid dienone is 1. The Hall–Kier alpha value is -1.12. The van der Waals surface area contributed by atoms with Crippen LogP contribution in [-0.2, 0) is 9.59 Å². The SMILES string of the molecule is CC/C1=C/C(=O)NC(=O)CCC(C)C1C. The van der Waals surface area contributed by atoms with Crippen molar-refractivity contribution in [2.75, 3.05) is 0 Å². The van der Waals surface area contributed by atoms with Gasteiger partial charge in [-0.1, -0.05) is 26.3 Å². The van der Waals surface area contributed by atoms with E-state index in [1.807, 2.05) is 6.92 Å². The molecule has 1 heterocycles. The third kappa shape index (κ3) is 3.18. The fourth-order valence-electron chi connectivity index (χ4n) is 1.93. The average Bonchev–Trinajstić information content (AvgIpc) is 2.24. The fourth-order valence-corrected chi connectivity index (χ4v) is 1.93. The van der Waals surface area contributed by atoms with Gasteiger partial charge >= 0.3 is 0 Å². The molecule has 0 bridgehead atoms. The number of carbonyl (C=O) groups excluding carboxylic acids is 2. The summed E-state index contributed by atoms with van der Waals surface area (Å²) in [5.41, 5.74) is 1.13. The molecule has 0 saturated carbocycles. The summed E-state index contributed by atoms with van der Waals surface area (Å²) >= 11 is 0. The second-order valence-corrected chi connectivity index (χ2v) is 4.29. The van der Waals surface area contributed by atoms with Crippen molar-refractivity contribution in [2.45, 2.75) is 40.0 Å². The van der Waals surface area contributed by atoms with E-state index < -0.39 is 0 Å². The topological polar surface area (TPSA) is 46.2 Å².